The average Bonchev–Trinajstić information content (AvgIpc) is 2.47. The van der Waals surface area contributed by atoms with Gasteiger partial charge in [-0.15, -0.1) is 0 Å². The molecule has 2 aliphatic rings. The molecule has 3 rings (SSSR count). The summed E-state index contributed by atoms with van der Waals surface area (Å²) >= 11 is 0. The van der Waals surface area contributed by atoms with Gasteiger partial charge in [-0.1, -0.05) is 18.2 Å². The molecule has 0 bridgehead atoms. The van der Waals surface area contributed by atoms with Gasteiger partial charge in [0.2, 0.25) is 0 Å². The lowest BCUT2D eigenvalue weighted by atomic mass is 9.80. The Kier molecular flexibility index (Phi) is 4.01. The van der Waals surface area contributed by atoms with Crippen LogP contribution >= 0.6 is 0 Å². The van der Waals surface area contributed by atoms with Gasteiger partial charge in [-0.2, -0.15) is 0 Å². The van der Waals surface area contributed by atoms with Gasteiger partial charge in [0, 0.05) is 25.6 Å². The summed E-state index contributed by atoms with van der Waals surface area (Å²) in [5, 5.41) is 5.97. The third-order valence-corrected chi connectivity index (χ3v) is 4.53. The van der Waals surface area contributed by atoms with E-state index in [9.17, 15) is 4.79 Å². The summed E-state index contributed by atoms with van der Waals surface area (Å²) < 4.78 is 11.1. The van der Waals surface area contributed by atoms with Crippen LogP contribution in [0.1, 0.15) is 37.3 Å². The molecule has 1 saturated carbocycles. The van der Waals surface area contributed by atoms with Crippen LogP contribution in [0.15, 0.2) is 24.3 Å². The Labute approximate surface area is 125 Å². The second-order valence-corrected chi connectivity index (χ2v) is 5.80. The highest BCUT2D eigenvalue weighted by atomic mass is 16.5. The van der Waals surface area contributed by atoms with Crippen molar-refractivity contribution in [3.05, 3.63) is 29.8 Å². The van der Waals surface area contributed by atoms with E-state index in [1.165, 1.54) is 6.42 Å². The first kappa shape index (κ1) is 14.2. The molecule has 1 unspecified atom stereocenters. The Bertz CT molecular complexity index is 508. The molecule has 1 aliphatic carbocycles. The minimum Gasteiger partial charge on any atom is -0.493 e. The Morgan fingerprint density at radius 3 is 2.95 bits per heavy atom. The van der Waals surface area contributed by atoms with Crippen LogP contribution < -0.4 is 15.4 Å². The fourth-order valence-corrected chi connectivity index (χ4v) is 2.97. The topological polar surface area (TPSA) is 59.6 Å². The molecule has 1 aromatic rings. The van der Waals surface area contributed by atoms with E-state index in [4.69, 9.17) is 9.47 Å². The predicted octanol–water partition coefficient (Wildman–Crippen LogP) is 2.38. The van der Waals surface area contributed by atoms with Crippen LogP contribution in [-0.2, 0) is 4.74 Å². The average molecular weight is 290 g/mol. The Hall–Kier alpha value is -1.75. The molecule has 5 nitrogen and oxygen atoms in total. The zero-order chi connectivity index (χ0) is 14.7. The van der Waals surface area contributed by atoms with Gasteiger partial charge in [0.1, 0.15) is 5.75 Å². The normalized spacial score (nSPS) is 22.4. The summed E-state index contributed by atoms with van der Waals surface area (Å²) in [4.78, 5) is 12.1. The van der Waals surface area contributed by atoms with Crippen LogP contribution in [0.3, 0.4) is 0 Å². The smallest absolute Gasteiger partial charge is 0.315 e. The van der Waals surface area contributed by atoms with Gasteiger partial charge >= 0.3 is 6.03 Å². The van der Waals surface area contributed by atoms with Gasteiger partial charge in [-0.3, -0.25) is 0 Å². The van der Waals surface area contributed by atoms with Crippen LogP contribution in [0, 0.1) is 0 Å². The summed E-state index contributed by atoms with van der Waals surface area (Å²) in [5.41, 5.74) is 0.897. The number of carbonyl (C=O) groups is 1. The maximum atomic E-state index is 12.1. The van der Waals surface area contributed by atoms with Crippen molar-refractivity contribution < 1.29 is 14.3 Å². The highest BCUT2D eigenvalue weighted by Crippen LogP contribution is 2.34. The Morgan fingerprint density at radius 1 is 1.43 bits per heavy atom. The van der Waals surface area contributed by atoms with Crippen LogP contribution in [-0.4, -0.2) is 31.9 Å². The number of hydrogen-bond donors (Lipinski definition) is 2. The molecule has 0 radical (unpaired) electrons. The van der Waals surface area contributed by atoms with Crippen LogP contribution in [0.2, 0.25) is 0 Å². The quantitative estimate of drug-likeness (QED) is 0.895. The summed E-state index contributed by atoms with van der Waals surface area (Å²) in [5.74, 6) is 0.862. The number of methoxy groups -OCH3 is 1. The van der Waals surface area contributed by atoms with Crippen molar-refractivity contribution in [1.29, 1.82) is 0 Å². The predicted molar refractivity (Wildman–Crippen MR) is 79.4 cm³/mol. The standard InChI is InChI=1S/C16H22N2O3/c1-20-16(8-4-9-16)11-17-15(19)18-13-7-10-21-14-6-3-2-5-12(13)14/h2-3,5-6,13H,4,7-11H2,1H3,(H2,17,18,19). The lowest BCUT2D eigenvalue weighted by molar-refractivity contribution is -0.0674. The molecule has 0 aromatic heterocycles. The van der Waals surface area contributed by atoms with Crippen LogP contribution in [0.5, 0.6) is 5.75 Å². The molecule has 0 saturated heterocycles. The highest BCUT2D eigenvalue weighted by molar-refractivity contribution is 5.74. The first-order valence-corrected chi connectivity index (χ1v) is 7.54. The van der Waals surface area contributed by atoms with Crippen LogP contribution in [0.25, 0.3) is 0 Å². The molecule has 2 amide bonds. The number of urea groups is 1. The molecular weight excluding hydrogens is 268 g/mol. The molecule has 1 aromatic carbocycles. The number of rotatable bonds is 4. The molecule has 1 fully saturated rings. The van der Waals surface area contributed by atoms with Crippen molar-refractivity contribution in [2.45, 2.75) is 37.3 Å². The largest absolute Gasteiger partial charge is 0.493 e. The summed E-state index contributed by atoms with van der Waals surface area (Å²) in [6.45, 7) is 1.20. The third kappa shape index (κ3) is 2.97. The van der Waals surface area contributed by atoms with E-state index < -0.39 is 0 Å². The van der Waals surface area contributed by atoms with Crippen molar-refractivity contribution >= 4 is 6.03 Å². The van der Waals surface area contributed by atoms with Gasteiger partial charge in [0.15, 0.2) is 0 Å². The second kappa shape index (κ2) is 5.93. The molecule has 1 aliphatic heterocycles. The number of nitrogens with one attached hydrogen (secondary N) is 2. The van der Waals surface area contributed by atoms with Gasteiger partial charge in [-0.05, 0) is 25.3 Å². The van der Waals surface area contributed by atoms with E-state index >= 15 is 0 Å². The number of carbonyl (C=O) groups excluding carboxylic acids is 1. The molecule has 2 N–H and O–H groups in total. The fourth-order valence-electron chi connectivity index (χ4n) is 2.97. The maximum Gasteiger partial charge on any atom is 0.315 e. The number of ether oxygens (including phenoxy) is 2. The zero-order valence-corrected chi connectivity index (χ0v) is 12.4. The van der Waals surface area contributed by atoms with E-state index in [0.29, 0.717) is 13.2 Å². The molecule has 5 heteroatoms. The summed E-state index contributed by atoms with van der Waals surface area (Å²) in [7, 11) is 1.72. The van der Waals surface area contributed by atoms with Gasteiger partial charge in [-0.25, -0.2) is 4.79 Å². The summed E-state index contributed by atoms with van der Waals surface area (Å²) in [6, 6.07) is 7.72. The number of benzene rings is 1. The van der Waals surface area contributed by atoms with Gasteiger partial charge in [0.05, 0.1) is 18.2 Å². The number of para-hydroxylation sites is 1. The minimum absolute atomic E-state index is 0.00911. The van der Waals surface area contributed by atoms with E-state index in [1.807, 2.05) is 24.3 Å². The van der Waals surface area contributed by atoms with E-state index in [-0.39, 0.29) is 17.7 Å². The highest BCUT2D eigenvalue weighted by Gasteiger charge is 2.37. The SMILES string of the molecule is COC1(CNC(=O)NC2CCOc3ccccc32)CCC1. The van der Waals surface area contributed by atoms with E-state index in [2.05, 4.69) is 10.6 Å². The number of amides is 2. The van der Waals surface area contributed by atoms with Crippen LogP contribution in [0.4, 0.5) is 4.79 Å². The van der Waals surface area contributed by atoms with Crippen molar-refractivity contribution in [2.75, 3.05) is 20.3 Å². The second-order valence-electron chi connectivity index (χ2n) is 5.80. The summed E-state index contributed by atoms with van der Waals surface area (Å²) in [6.07, 6.45) is 4.00. The third-order valence-electron chi connectivity index (χ3n) is 4.53. The lowest BCUT2D eigenvalue weighted by Crippen LogP contribution is -2.51. The number of fused-ring (bicyclic) bond motifs is 1. The molecule has 0 spiro atoms. The van der Waals surface area contributed by atoms with Crippen molar-refractivity contribution in [2.24, 2.45) is 0 Å². The monoisotopic (exact) mass is 290 g/mol. The maximum absolute atomic E-state index is 12.1. The first-order valence-electron chi connectivity index (χ1n) is 7.54. The Balaban J connectivity index is 1.56. The van der Waals surface area contributed by atoms with E-state index in [1.54, 1.807) is 7.11 Å². The molecular formula is C16H22N2O3. The fraction of sp³-hybridized carbons (Fsp3) is 0.562. The molecule has 21 heavy (non-hydrogen) atoms. The molecule has 114 valence electrons. The zero-order valence-electron chi connectivity index (χ0n) is 12.4. The van der Waals surface area contributed by atoms with E-state index in [0.717, 1.165) is 30.6 Å². The van der Waals surface area contributed by atoms with Crippen molar-refractivity contribution in [1.82, 2.24) is 10.6 Å². The molecule has 1 atom stereocenters. The number of hydrogen-bond acceptors (Lipinski definition) is 3. The van der Waals surface area contributed by atoms with Crippen molar-refractivity contribution in [3.63, 3.8) is 0 Å². The lowest BCUT2D eigenvalue weighted by Gasteiger charge is -2.40. The van der Waals surface area contributed by atoms with Gasteiger partial charge < -0.3 is 20.1 Å². The first-order chi connectivity index (χ1) is 10.2. The Morgan fingerprint density at radius 2 is 2.24 bits per heavy atom. The van der Waals surface area contributed by atoms with Gasteiger partial charge in [0.25, 0.3) is 0 Å². The minimum atomic E-state index is -0.148. The molecule has 1 heterocycles. The van der Waals surface area contributed by atoms with Crippen molar-refractivity contribution in [3.8, 4) is 5.75 Å².